The van der Waals surface area contributed by atoms with Crippen molar-refractivity contribution in [3.05, 3.63) is 65.7 Å². The molecule has 1 atom stereocenters. The highest BCUT2D eigenvalue weighted by Gasteiger charge is 2.32. The minimum Gasteiger partial charge on any atom is -0.492 e. The summed E-state index contributed by atoms with van der Waals surface area (Å²) in [5, 5.41) is 0. The van der Waals surface area contributed by atoms with Gasteiger partial charge in [0.1, 0.15) is 12.4 Å². The quantitative estimate of drug-likeness (QED) is 0.831. The molecule has 0 N–H and O–H groups in total. The fourth-order valence-corrected chi connectivity index (χ4v) is 4.04. The van der Waals surface area contributed by atoms with Crippen LogP contribution in [-0.2, 0) is 11.2 Å². The van der Waals surface area contributed by atoms with Gasteiger partial charge < -0.3 is 9.64 Å². The third-order valence-electron chi connectivity index (χ3n) is 5.53. The third kappa shape index (κ3) is 3.75. The van der Waals surface area contributed by atoms with Crippen LogP contribution in [0.1, 0.15) is 23.5 Å². The van der Waals surface area contributed by atoms with Crippen LogP contribution >= 0.6 is 0 Å². The van der Waals surface area contributed by atoms with Crippen LogP contribution in [0.15, 0.2) is 54.6 Å². The Labute approximate surface area is 155 Å². The number of carbonyl (C=O) groups excluding carboxylic acids is 1. The fourth-order valence-electron chi connectivity index (χ4n) is 4.04. The number of aryl methyl sites for hydroxylation is 1. The number of benzene rings is 2. The number of carbonyl (C=O) groups is 1. The van der Waals surface area contributed by atoms with Gasteiger partial charge in [-0.3, -0.25) is 9.69 Å². The van der Waals surface area contributed by atoms with Crippen molar-refractivity contribution in [1.29, 1.82) is 0 Å². The lowest BCUT2D eigenvalue weighted by Crippen LogP contribution is -2.50. The Morgan fingerprint density at radius 2 is 1.69 bits per heavy atom. The SMILES string of the molecule is O=C(C1CCc2ccccc21)N1CCN(CCOc2ccccc2)CC1. The van der Waals surface area contributed by atoms with Crippen LogP contribution in [0.25, 0.3) is 0 Å². The highest BCUT2D eigenvalue weighted by Crippen LogP contribution is 2.34. The van der Waals surface area contributed by atoms with Gasteiger partial charge in [0.15, 0.2) is 0 Å². The van der Waals surface area contributed by atoms with E-state index in [1.165, 1.54) is 11.1 Å². The van der Waals surface area contributed by atoms with E-state index < -0.39 is 0 Å². The molecule has 1 aliphatic carbocycles. The van der Waals surface area contributed by atoms with Gasteiger partial charge in [0.25, 0.3) is 0 Å². The molecule has 0 saturated carbocycles. The topological polar surface area (TPSA) is 32.8 Å². The van der Waals surface area contributed by atoms with Crippen molar-refractivity contribution >= 4 is 5.91 Å². The standard InChI is InChI=1S/C22H26N2O2/c25-22(21-11-10-18-6-4-5-9-20(18)21)24-14-12-23(13-15-24)16-17-26-19-7-2-1-3-8-19/h1-9,21H,10-17H2. The zero-order valence-corrected chi connectivity index (χ0v) is 15.1. The van der Waals surface area contributed by atoms with Crippen molar-refractivity contribution < 1.29 is 9.53 Å². The summed E-state index contributed by atoms with van der Waals surface area (Å²) in [4.78, 5) is 17.4. The second-order valence-corrected chi connectivity index (χ2v) is 7.12. The van der Waals surface area contributed by atoms with Gasteiger partial charge >= 0.3 is 0 Å². The summed E-state index contributed by atoms with van der Waals surface area (Å²) in [6.45, 7) is 5.10. The van der Waals surface area contributed by atoms with E-state index >= 15 is 0 Å². The Balaban J connectivity index is 1.24. The second kappa shape index (κ2) is 7.92. The predicted octanol–water partition coefficient (Wildman–Crippen LogP) is 2.94. The molecule has 2 aliphatic rings. The molecule has 0 spiro atoms. The molecule has 0 bridgehead atoms. The summed E-state index contributed by atoms with van der Waals surface area (Å²) in [5.41, 5.74) is 2.60. The van der Waals surface area contributed by atoms with Crippen LogP contribution in [0.2, 0.25) is 0 Å². The second-order valence-electron chi connectivity index (χ2n) is 7.12. The molecular formula is C22H26N2O2. The molecule has 2 aromatic rings. The van der Waals surface area contributed by atoms with Crippen LogP contribution < -0.4 is 4.74 Å². The highest BCUT2D eigenvalue weighted by atomic mass is 16.5. The van der Waals surface area contributed by atoms with Gasteiger partial charge in [-0.25, -0.2) is 0 Å². The van der Waals surface area contributed by atoms with Crippen molar-refractivity contribution in [3.63, 3.8) is 0 Å². The number of nitrogens with zero attached hydrogens (tertiary/aromatic N) is 2. The Hall–Kier alpha value is -2.33. The molecular weight excluding hydrogens is 324 g/mol. The minimum absolute atomic E-state index is 0.0687. The average molecular weight is 350 g/mol. The summed E-state index contributed by atoms with van der Waals surface area (Å²) in [6, 6.07) is 18.3. The lowest BCUT2D eigenvalue weighted by Gasteiger charge is -2.36. The Kier molecular flexibility index (Phi) is 5.21. The third-order valence-corrected chi connectivity index (χ3v) is 5.53. The normalized spacial score (nSPS) is 20.0. The number of fused-ring (bicyclic) bond motifs is 1. The molecule has 0 aromatic heterocycles. The molecule has 1 amide bonds. The van der Waals surface area contributed by atoms with E-state index in [2.05, 4.69) is 34.1 Å². The summed E-state index contributed by atoms with van der Waals surface area (Å²) in [7, 11) is 0. The highest BCUT2D eigenvalue weighted by molar-refractivity contribution is 5.85. The van der Waals surface area contributed by atoms with Gasteiger partial charge in [-0.2, -0.15) is 0 Å². The van der Waals surface area contributed by atoms with E-state index in [-0.39, 0.29) is 5.92 Å². The van der Waals surface area contributed by atoms with Crippen LogP contribution in [0.4, 0.5) is 0 Å². The molecule has 136 valence electrons. The van der Waals surface area contributed by atoms with E-state index in [1.54, 1.807) is 0 Å². The molecule has 1 fully saturated rings. The zero-order valence-electron chi connectivity index (χ0n) is 15.1. The first kappa shape index (κ1) is 17.1. The maximum atomic E-state index is 13.0. The van der Waals surface area contributed by atoms with Gasteiger partial charge in [-0.1, -0.05) is 42.5 Å². The summed E-state index contributed by atoms with van der Waals surface area (Å²) in [5.74, 6) is 1.30. The molecule has 4 nitrogen and oxygen atoms in total. The van der Waals surface area contributed by atoms with E-state index in [4.69, 9.17) is 4.74 Å². The van der Waals surface area contributed by atoms with E-state index in [0.717, 1.165) is 51.3 Å². The molecule has 1 aliphatic heterocycles. The van der Waals surface area contributed by atoms with Crippen LogP contribution in [-0.4, -0.2) is 55.0 Å². The van der Waals surface area contributed by atoms with Crippen molar-refractivity contribution in [2.24, 2.45) is 0 Å². The fraction of sp³-hybridized carbons (Fsp3) is 0.409. The van der Waals surface area contributed by atoms with Crippen molar-refractivity contribution in [2.75, 3.05) is 39.3 Å². The molecule has 2 aromatic carbocycles. The van der Waals surface area contributed by atoms with Crippen LogP contribution in [0.3, 0.4) is 0 Å². The van der Waals surface area contributed by atoms with Crippen molar-refractivity contribution in [3.8, 4) is 5.75 Å². The van der Waals surface area contributed by atoms with Crippen molar-refractivity contribution in [1.82, 2.24) is 9.80 Å². The van der Waals surface area contributed by atoms with Crippen molar-refractivity contribution in [2.45, 2.75) is 18.8 Å². The minimum atomic E-state index is 0.0687. The molecule has 1 saturated heterocycles. The number of piperazine rings is 1. The first-order valence-electron chi connectivity index (χ1n) is 9.58. The smallest absolute Gasteiger partial charge is 0.230 e. The molecule has 4 heteroatoms. The Morgan fingerprint density at radius 3 is 2.50 bits per heavy atom. The summed E-state index contributed by atoms with van der Waals surface area (Å²) >= 11 is 0. The molecule has 26 heavy (non-hydrogen) atoms. The van der Waals surface area contributed by atoms with Crippen LogP contribution in [0.5, 0.6) is 5.75 Å². The number of rotatable bonds is 5. The van der Waals surface area contributed by atoms with E-state index in [0.29, 0.717) is 12.5 Å². The molecule has 1 heterocycles. The number of hydrogen-bond donors (Lipinski definition) is 0. The Bertz CT molecular complexity index is 739. The van der Waals surface area contributed by atoms with Gasteiger partial charge in [0.2, 0.25) is 5.91 Å². The maximum absolute atomic E-state index is 13.0. The molecule has 1 unspecified atom stereocenters. The lowest BCUT2D eigenvalue weighted by molar-refractivity contribution is -0.134. The predicted molar refractivity (Wildman–Crippen MR) is 102 cm³/mol. The summed E-state index contributed by atoms with van der Waals surface area (Å²) < 4.78 is 5.78. The monoisotopic (exact) mass is 350 g/mol. The van der Waals surface area contributed by atoms with Gasteiger partial charge in [0, 0.05) is 32.7 Å². The zero-order chi connectivity index (χ0) is 17.8. The van der Waals surface area contributed by atoms with Gasteiger partial charge in [0.05, 0.1) is 5.92 Å². The number of amides is 1. The average Bonchev–Trinajstić information content (AvgIpc) is 3.13. The number of ether oxygens (including phenoxy) is 1. The number of hydrogen-bond acceptors (Lipinski definition) is 3. The first-order valence-corrected chi connectivity index (χ1v) is 9.58. The van der Waals surface area contributed by atoms with Gasteiger partial charge in [-0.15, -0.1) is 0 Å². The van der Waals surface area contributed by atoms with Gasteiger partial charge in [-0.05, 0) is 36.1 Å². The van der Waals surface area contributed by atoms with E-state index in [1.807, 2.05) is 30.3 Å². The molecule has 4 rings (SSSR count). The lowest BCUT2D eigenvalue weighted by atomic mass is 9.99. The van der Waals surface area contributed by atoms with E-state index in [9.17, 15) is 4.79 Å². The van der Waals surface area contributed by atoms with Crippen LogP contribution in [0, 0.1) is 0 Å². The maximum Gasteiger partial charge on any atom is 0.230 e. The molecule has 0 radical (unpaired) electrons. The largest absolute Gasteiger partial charge is 0.492 e. The number of para-hydroxylation sites is 1. The summed E-state index contributed by atoms with van der Waals surface area (Å²) in [6.07, 6.45) is 1.99. The first-order chi connectivity index (χ1) is 12.8. The Morgan fingerprint density at radius 1 is 0.962 bits per heavy atom.